The summed E-state index contributed by atoms with van der Waals surface area (Å²) in [6.07, 6.45) is 1.81. The summed E-state index contributed by atoms with van der Waals surface area (Å²) in [6, 6.07) is 8.30. The predicted octanol–water partition coefficient (Wildman–Crippen LogP) is 2.84. The maximum atomic E-state index is 5.68. The van der Waals surface area contributed by atoms with Gasteiger partial charge in [0.2, 0.25) is 0 Å². The van der Waals surface area contributed by atoms with Gasteiger partial charge in [0, 0.05) is 6.54 Å². The van der Waals surface area contributed by atoms with Crippen LogP contribution in [0, 0.1) is 11.8 Å². The average molecular weight is 226 g/mol. The molecule has 0 unspecified atom stereocenters. The topological polar surface area (TPSA) is 29.3 Å². The number of nitrogens with zero attached hydrogens (tertiary/aromatic N) is 2. The lowest BCUT2D eigenvalue weighted by Gasteiger charge is -2.14. The third-order valence-corrected chi connectivity index (χ3v) is 2.35. The Hall–Kier alpha value is -2.21. The van der Waals surface area contributed by atoms with Gasteiger partial charge in [-0.25, -0.2) is 0 Å². The predicted molar refractivity (Wildman–Crippen MR) is 69.9 cm³/mol. The average Bonchev–Trinajstić information content (AvgIpc) is 2.78. The van der Waals surface area contributed by atoms with Crippen molar-refractivity contribution in [3.8, 4) is 11.8 Å². The number of para-hydroxylation sites is 2. The van der Waals surface area contributed by atoms with E-state index in [4.69, 9.17) is 4.42 Å². The van der Waals surface area contributed by atoms with Gasteiger partial charge in [-0.3, -0.25) is 0 Å². The standard InChI is InChI=1S/C14H14N2O/c1-3-5-11-16(10-4-2)14-15-12-8-6-7-9-13(12)17-14/h4,6-9H,2,10-11H2,1H3. The Morgan fingerprint density at radius 1 is 1.47 bits per heavy atom. The largest absolute Gasteiger partial charge is 0.423 e. The van der Waals surface area contributed by atoms with Gasteiger partial charge in [0.1, 0.15) is 5.52 Å². The van der Waals surface area contributed by atoms with Crippen molar-refractivity contribution in [2.24, 2.45) is 0 Å². The molecule has 3 heteroatoms. The molecule has 0 fully saturated rings. The van der Waals surface area contributed by atoms with Crippen LogP contribution in [0.15, 0.2) is 41.3 Å². The smallest absolute Gasteiger partial charge is 0.299 e. The van der Waals surface area contributed by atoms with Crippen LogP contribution >= 0.6 is 0 Å². The van der Waals surface area contributed by atoms with Crippen LogP contribution in [0.1, 0.15) is 6.92 Å². The summed E-state index contributed by atoms with van der Waals surface area (Å²) in [4.78, 5) is 6.38. The molecule has 0 radical (unpaired) electrons. The fourth-order valence-electron chi connectivity index (χ4n) is 1.54. The number of rotatable bonds is 4. The summed E-state index contributed by atoms with van der Waals surface area (Å²) in [5.74, 6) is 5.87. The zero-order chi connectivity index (χ0) is 12.1. The highest BCUT2D eigenvalue weighted by molar-refractivity contribution is 5.74. The van der Waals surface area contributed by atoms with Crippen molar-refractivity contribution in [3.63, 3.8) is 0 Å². The monoisotopic (exact) mass is 226 g/mol. The van der Waals surface area contributed by atoms with Crippen molar-refractivity contribution in [1.29, 1.82) is 0 Å². The lowest BCUT2D eigenvalue weighted by Crippen LogP contribution is -2.23. The molecule has 17 heavy (non-hydrogen) atoms. The molecule has 1 aromatic heterocycles. The van der Waals surface area contributed by atoms with Crippen LogP contribution in [0.5, 0.6) is 0 Å². The molecule has 0 amide bonds. The van der Waals surface area contributed by atoms with E-state index < -0.39 is 0 Å². The Kier molecular flexibility index (Phi) is 3.46. The second kappa shape index (κ2) is 5.22. The first kappa shape index (κ1) is 11.3. The zero-order valence-corrected chi connectivity index (χ0v) is 9.81. The van der Waals surface area contributed by atoms with Crippen molar-refractivity contribution >= 4 is 17.1 Å². The molecule has 0 aliphatic carbocycles. The van der Waals surface area contributed by atoms with Crippen molar-refractivity contribution in [2.75, 3.05) is 18.0 Å². The maximum Gasteiger partial charge on any atom is 0.299 e. The second-order valence-corrected chi connectivity index (χ2v) is 3.56. The van der Waals surface area contributed by atoms with E-state index in [2.05, 4.69) is 23.4 Å². The lowest BCUT2D eigenvalue weighted by atomic mass is 10.3. The lowest BCUT2D eigenvalue weighted by molar-refractivity contribution is 0.585. The molecular formula is C14H14N2O. The van der Waals surface area contributed by atoms with Crippen LogP contribution in [0.25, 0.3) is 11.1 Å². The van der Waals surface area contributed by atoms with E-state index in [1.807, 2.05) is 42.2 Å². The summed E-state index contributed by atoms with van der Waals surface area (Å²) < 4.78 is 5.68. The van der Waals surface area contributed by atoms with Crippen LogP contribution in [0.3, 0.4) is 0 Å². The minimum Gasteiger partial charge on any atom is -0.423 e. The quantitative estimate of drug-likeness (QED) is 0.593. The van der Waals surface area contributed by atoms with Crippen LogP contribution in [0.2, 0.25) is 0 Å². The molecule has 1 aromatic carbocycles. The van der Waals surface area contributed by atoms with Gasteiger partial charge < -0.3 is 9.32 Å². The Balaban J connectivity index is 2.32. The summed E-state index contributed by atoms with van der Waals surface area (Å²) in [5, 5.41) is 0. The van der Waals surface area contributed by atoms with Crippen LogP contribution in [-0.2, 0) is 0 Å². The fraction of sp³-hybridized carbons (Fsp3) is 0.214. The first-order chi connectivity index (χ1) is 8.35. The molecule has 86 valence electrons. The molecule has 0 atom stereocenters. The van der Waals surface area contributed by atoms with Gasteiger partial charge in [0.05, 0.1) is 6.54 Å². The van der Waals surface area contributed by atoms with E-state index in [-0.39, 0.29) is 0 Å². The number of oxazole rings is 1. The normalized spacial score (nSPS) is 9.71. The zero-order valence-electron chi connectivity index (χ0n) is 9.81. The van der Waals surface area contributed by atoms with E-state index >= 15 is 0 Å². The van der Waals surface area contributed by atoms with Gasteiger partial charge in [-0.15, -0.1) is 12.5 Å². The highest BCUT2D eigenvalue weighted by Crippen LogP contribution is 2.21. The van der Waals surface area contributed by atoms with E-state index in [0.29, 0.717) is 19.1 Å². The molecule has 2 aromatic rings. The Labute approximate surface area is 101 Å². The molecule has 1 heterocycles. The van der Waals surface area contributed by atoms with E-state index in [1.165, 1.54) is 0 Å². The fourth-order valence-corrected chi connectivity index (χ4v) is 1.54. The van der Waals surface area contributed by atoms with Crippen LogP contribution in [0.4, 0.5) is 6.01 Å². The Morgan fingerprint density at radius 2 is 2.29 bits per heavy atom. The number of aromatic nitrogens is 1. The molecule has 0 bridgehead atoms. The van der Waals surface area contributed by atoms with Crippen molar-refractivity contribution in [1.82, 2.24) is 4.98 Å². The Morgan fingerprint density at radius 3 is 3.00 bits per heavy atom. The highest BCUT2D eigenvalue weighted by Gasteiger charge is 2.11. The molecule has 0 saturated carbocycles. The van der Waals surface area contributed by atoms with E-state index in [0.717, 1.165) is 11.1 Å². The van der Waals surface area contributed by atoms with Gasteiger partial charge in [0.25, 0.3) is 6.01 Å². The summed E-state index contributed by atoms with van der Waals surface area (Å²) in [5.41, 5.74) is 1.65. The molecule has 0 aliphatic rings. The van der Waals surface area contributed by atoms with Crippen molar-refractivity contribution in [3.05, 3.63) is 36.9 Å². The van der Waals surface area contributed by atoms with Crippen molar-refractivity contribution < 1.29 is 4.42 Å². The number of hydrogen-bond donors (Lipinski definition) is 0. The Bertz CT molecular complexity index is 541. The van der Waals surface area contributed by atoms with E-state index in [1.54, 1.807) is 0 Å². The van der Waals surface area contributed by atoms with Gasteiger partial charge in [-0.2, -0.15) is 4.98 Å². The molecule has 0 aliphatic heterocycles. The minimum atomic E-state index is 0.592. The van der Waals surface area contributed by atoms with Gasteiger partial charge in [-0.1, -0.05) is 24.1 Å². The number of fused-ring (bicyclic) bond motifs is 1. The molecule has 2 rings (SSSR count). The molecular weight excluding hydrogens is 212 g/mol. The van der Waals surface area contributed by atoms with Gasteiger partial charge in [-0.05, 0) is 19.1 Å². The van der Waals surface area contributed by atoms with Crippen LogP contribution < -0.4 is 4.90 Å². The van der Waals surface area contributed by atoms with Crippen LogP contribution in [-0.4, -0.2) is 18.1 Å². The molecule has 0 spiro atoms. The second-order valence-electron chi connectivity index (χ2n) is 3.56. The molecule has 0 saturated heterocycles. The minimum absolute atomic E-state index is 0.592. The number of hydrogen-bond acceptors (Lipinski definition) is 3. The number of benzene rings is 1. The third-order valence-electron chi connectivity index (χ3n) is 2.35. The maximum absolute atomic E-state index is 5.68. The molecule has 0 N–H and O–H groups in total. The van der Waals surface area contributed by atoms with Crippen molar-refractivity contribution in [2.45, 2.75) is 6.92 Å². The van der Waals surface area contributed by atoms with Gasteiger partial charge in [0.15, 0.2) is 5.58 Å². The van der Waals surface area contributed by atoms with Gasteiger partial charge >= 0.3 is 0 Å². The first-order valence-electron chi connectivity index (χ1n) is 5.46. The summed E-state index contributed by atoms with van der Waals surface area (Å²) >= 11 is 0. The third kappa shape index (κ3) is 2.48. The summed E-state index contributed by atoms with van der Waals surface area (Å²) in [6.45, 7) is 6.81. The highest BCUT2D eigenvalue weighted by atomic mass is 16.4. The summed E-state index contributed by atoms with van der Waals surface area (Å²) in [7, 11) is 0. The molecule has 3 nitrogen and oxygen atoms in total. The van der Waals surface area contributed by atoms with E-state index in [9.17, 15) is 0 Å². The number of anilines is 1. The first-order valence-corrected chi connectivity index (χ1v) is 5.46. The SMILES string of the molecule is C=CCN(CC#CC)c1nc2ccccc2o1.